The minimum Gasteiger partial charge on any atom is -0.504 e. The first-order valence-electron chi connectivity index (χ1n) is 12.6. The minimum atomic E-state index is -0.442. The average Bonchev–Trinajstić information content (AvgIpc) is 3.26. The van der Waals surface area contributed by atoms with Gasteiger partial charge in [-0.15, -0.1) is 0 Å². The standard InChI is InChI=1S/C28H30ClN5O5/c1-16-32-33-28-21(15-25(36)30-12-13-39-24-5-3-4-23(35)27(24)37)31-26(17-6-8-18(29)9-7-17)20-14-19(38-2)10-11-22(20)34(16)28/h3-11,14,16,21,28,32-33,35,37H,12-13,15H2,1-2H3,(H,30,36). The summed E-state index contributed by atoms with van der Waals surface area (Å²) in [6, 6.07) is 17.4. The Balaban J connectivity index is 1.38. The largest absolute Gasteiger partial charge is 0.504 e. The van der Waals surface area contributed by atoms with Crippen LogP contribution in [0.5, 0.6) is 23.0 Å². The first-order chi connectivity index (χ1) is 18.9. The van der Waals surface area contributed by atoms with Crippen LogP contribution in [0.15, 0.2) is 65.7 Å². The lowest BCUT2D eigenvalue weighted by Crippen LogP contribution is -2.48. The van der Waals surface area contributed by atoms with Crippen molar-refractivity contribution in [2.75, 3.05) is 25.2 Å². The van der Waals surface area contributed by atoms with Crippen LogP contribution in [0.4, 0.5) is 5.69 Å². The molecule has 204 valence electrons. The molecule has 2 aliphatic rings. The monoisotopic (exact) mass is 551 g/mol. The number of hydrogen-bond donors (Lipinski definition) is 5. The van der Waals surface area contributed by atoms with Crippen molar-refractivity contribution in [1.29, 1.82) is 0 Å². The van der Waals surface area contributed by atoms with Gasteiger partial charge >= 0.3 is 0 Å². The second-order valence-electron chi connectivity index (χ2n) is 9.28. The highest BCUT2D eigenvalue weighted by molar-refractivity contribution is 6.30. The number of methoxy groups -OCH3 is 1. The second kappa shape index (κ2) is 11.4. The molecule has 0 spiro atoms. The molecule has 0 aliphatic carbocycles. The van der Waals surface area contributed by atoms with Crippen LogP contribution in [0.25, 0.3) is 0 Å². The number of hydrogen-bond acceptors (Lipinski definition) is 9. The molecule has 10 nitrogen and oxygen atoms in total. The number of aliphatic imine (C=N–C) groups is 1. The highest BCUT2D eigenvalue weighted by atomic mass is 35.5. The maximum atomic E-state index is 13.1. The lowest BCUT2D eigenvalue weighted by Gasteiger charge is -2.31. The second-order valence-corrected chi connectivity index (χ2v) is 9.71. The number of anilines is 1. The van der Waals surface area contributed by atoms with E-state index in [1.807, 2.05) is 49.4 Å². The number of rotatable bonds is 8. The van der Waals surface area contributed by atoms with Gasteiger partial charge in [0.15, 0.2) is 11.5 Å². The van der Waals surface area contributed by atoms with Crippen molar-refractivity contribution in [3.05, 3.63) is 76.8 Å². The number of ether oxygens (including phenoxy) is 2. The summed E-state index contributed by atoms with van der Waals surface area (Å²) in [5.41, 5.74) is 10.0. The Morgan fingerprint density at radius 1 is 1.13 bits per heavy atom. The van der Waals surface area contributed by atoms with Crippen molar-refractivity contribution in [1.82, 2.24) is 16.2 Å². The number of nitrogens with zero attached hydrogens (tertiary/aromatic N) is 2. The first-order valence-corrected chi connectivity index (χ1v) is 13.0. The van der Waals surface area contributed by atoms with E-state index in [2.05, 4.69) is 21.1 Å². The molecule has 2 heterocycles. The van der Waals surface area contributed by atoms with Gasteiger partial charge in [-0.2, -0.15) is 0 Å². The van der Waals surface area contributed by atoms with E-state index in [1.54, 1.807) is 13.2 Å². The summed E-state index contributed by atoms with van der Waals surface area (Å²) < 4.78 is 11.0. The third kappa shape index (κ3) is 5.58. The number of fused-ring (bicyclic) bond motifs is 3. The molecule has 1 saturated heterocycles. The fraction of sp³-hybridized carbons (Fsp3) is 0.286. The molecule has 0 aromatic heterocycles. The van der Waals surface area contributed by atoms with Gasteiger partial charge in [0, 0.05) is 21.8 Å². The molecule has 1 fully saturated rings. The number of para-hydroxylation sites is 1. The first kappa shape index (κ1) is 26.6. The van der Waals surface area contributed by atoms with E-state index < -0.39 is 6.04 Å². The summed E-state index contributed by atoms with van der Waals surface area (Å²) in [5, 5.41) is 23.0. The molecule has 0 radical (unpaired) electrons. The molecular formula is C28H30ClN5O5. The SMILES string of the molecule is COc1ccc2c(c1)C(c1ccc(Cl)cc1)=NC(CC(=O)NCCOc1cccc(O)c1O)C1NNC(C)N21. The van der Waals surface area contributed by atoms with Crippen molar-refractivity contribution in [3.8, 4) is 23.0 Å². The lowest BCUT2D eigenvalue weighted by molar-refractivity contribution is -0.121. The van der Waals surface area contributed by atoms with Crippen LogP contribution in [0.2, 0.25) is 5.02 Å². The molecule has 3 aromatic carbocycles. The van der Waals surface area contributed by atoms with E-state index in [0.717, 1.165) is 22.5 Å². The van der Waals surface area contributed by atoms with Crippen LogP contribution in [0.3, 0.4) is 0 Å². The van der Waals surface area contributed by atoms with Crippen LogP contribution < -0.4 is 30.5 Å². The van der Waals surface area contributed by atoms with E-state index in [1.165, 1.54) is 12.1 Å². The summed E-state index contributed by atoms with van der Waals surface area (Å²) in [7, 11) is 1.63. The average molecular weight is 552 g/mol. The number of amides is 1. The third-order valence-corrected chi connectivity index (χ3v) is 6.98. The lowest BCUT2D eigenvalue weighted by atomic mass is 9.99. The highest BCUT2D eigenvalue weighted by Gasteiger charge is 2.40. The van der Waals surface area contributed by atoms with Crippen molar-refractivity contribution in [2.45, 2.75) is 31.7 Å². The number of phenols is 2. The molecular weight excluding hydrogens is 522 g/mol. The van der Waals surface area contributed by atoms with Gasteiger partial charge in [0.2, 0.25) is 11.7 Å². The Hall–Kier alpha value is -3.99. The van der Waals surface area contributed by atoms with Gasteiger partial charge in [0.25, 0.3) is 0 Å². The Morgan fingerprint density at radius 2 is 1.92 bits per heavy atom. The number of nitrogens with one attached hydrogen (secondary N) is 3. The van der Waals surface area contributed by atoms with Crippen LogP contribution in [0, 0.1) is 0 Å². The predicted molar refractivity (Wildman–Crippen MR) is 149 cm³/mol. The Labute approximate surface area is 231 Å². The zero-order valence-corrected chi connectivity index (χ0v) is 22.3. The van der Waals surface area contributed by atoms with Crippen LogP contribution in [0.1, 0.15) is 24.5 Å². The van der Waals surface area contributed by atoms with Gasteiger partial charge in [-0.05, 0) is 49.4 Å². The molecule has 3 aromatic rings. The van der Waals surface area contributed by atoms with Crippen LogP contribution in [-0.2, 0) is 4.79 Å². The smallest absolute Gasteiger partial charge is 0.222 e. The maximum Gasteiger partial charge on any atom is 0.222 e. The number of phenolic OH excluding ortho intramolecular Hbond substituents is 2. The number of carbonyl (C=O) groups is 1. The number of aromatic hydroxyl groups is 2. The molecule has 0 bridgehead atoms. The fourth-order valence-corrected chi connectivity index (χ4v) is 4.95. The quantitative estimate of drug-likeness (QED) is 0.213. The zero-order valence-electron chi connectivity index (χ0n) is 21.5. The van der Waals surface area contributed by atoms with Gasteiger partial charge in [0.05, 0.1) is 38.0 Å². The maximum absolute atomic E-state index is 13.1. The normalized spacial score (nSPS) is 19.9. The van der Waals surface area contributed by atoms with Gasteiger partial charge < -0.3 is 29.9 Å². The summed E-state index contributed by atoms with van der Waals surface area (Å²) in [4.78, 5) is 20.4. The zero-order chi connectivity index (χ0) is 27.5. The van der Waals surface area contributed by atoms with E-state index >= 15 is 0 Å². The van der Waals surface area contributed by atoms with Crippen molar-refractivity contribution >= 4 is 28.9 Å². The molecule has 2 aliphatic heterocycles. The molecule has 39 heavy (non-hydrogen) atoms. The number of hydrazine groups is 1. The Morgan fingerprint density at radius 3 is 2.69 bits per heavy atom. The molecule has 3 unspecified atom stereocenters. The molecule has 1 amide bonds. The van der Waals surface area contributed by atoms with Gasteiger partial charge in [-0.25, -0.2) is 10.9 Å². The molecule has 0 saturated carbocycles. The highest BCUT2D eigenvalue weighted by Crippen LogP contribution is 2.36. The van der Waals surface area contributed by atoms with Crippen molar-refractivity contribution in [2.24, 2.45) is 4.99 Å². The number of benzene rings is 3. The third-order valence-electron chi connectivity index (χ3n) is 6.73. The summed E-state index contributed by atoms with van der Waals surface area (Å²) in [6.07, 6.45) is -0.235. The molecule has 3 atom stereocenters. The van der Waals surface area contributed by atoms with Gasteiger partial charge in [-0.1, -0.05) is 29.8 Å². The molecule has 11 heteroatoms. The van der Waals surface area contributed by atoms with Crippen molar-refractivity contribution < 1.29 is 24.5 Å². The number of carbonyl (C=O) groups excluding carboxylic acids is 1. The Bertz CT molecular complexity index is 1380. The summed E-state index contributed by atoms with van der Waals surface area (Å²) >= 11 is 6.17. The summed E-state index contributed by atoms with van der Waals surface area (Å²) in [5.74, 6) is 0.0386. The minimum absolute atomic E-state index is 0.0594. The summed E-state index contributed by atoms with van der Waals surface area (Å²) in [6.45, 7) is 2.37. The molecule has 5 N–H and O–H groups in total. The fourth-order valence-electron chi connectivity index (χ4n) is 4.82. The van der Waals surface area contributed by atoms with Crippen LogP contribution in [-0.4, -0.2) is 60.5 Å². The van der Waals surface area contributed by atoms with E-state index in [4.69, 9.17) is 26.1 Å². The van der Waals surface area contributed by atoms with Gasteiger partial charge in [0.1, 0.15) is 18.5 Å². The number of halogens is 1. The van der Waals surface area contributed by atoms with E-state index in [9.17, 15) is 15.0 Å². The van der Waals surface area contributed by atoms with Crippen molar-refractivity contribution in [3.63, 3.8) is 0 Å². The molecule has 5 rings (SSSR count). The van der Waals surface area contributed by atoms with Gasteiger partial charge in [-0.3, -0.25) is 9.79 Å². The van der Waals surface area contributed by atoms with E-state index in [0.29, 0.717) is 10.8 Å². The van der Waals surface area contributed by atoms with E-state index in [-0.39, 0.29) is 55.1 Å². The predicted octanol–water partition coefficient (Wildman–Crippen LogP) is 3.15. The van der Waals surface area contributed by atoms with Crippen LogP contribution >= 0.6 is 11.6 Å². The Kier molecular flexibility index (Phi) is 7.78. The topological polar surface area (TPSA) is 128 Å².